The number of aliphatic hydroxyl groups excluding tert-OH is 1. The normalized spacial score (nSPS) is 24.2. The van der Waals surface area contributed by atoms with Crippen molar-refractivity contribution in [3.8, 4) is 5.75 Å². The molecular formula is C21H42Cl3N5O2. The highest BCUT2D eigenvalue weighted by Crippen LogP contribution is 2.24. The lowest BCUT2D eigenvalue weighted by atomic mass is 10.1. The minimum Gasteiger partial charge on any atom is -1.00 e. The molecule has 0 aliphatic carbocycles. The summed E-state index contributed by atoms with van der Waals surface area (Å²) in [6, 6.07) is 5.39. The van der Waals surface area contributed by atoms with Crippen molar-refractivity contribution in [1.82, 2.24) is 0 Å². The third-order valence-electron chi connectivity index (χ3n) is 5.90. The second-order valence-electron chi connectivity index (χ2n) is 10.2. The van der Waals surface area contributed by atoms with Crippen molar-refractivity contribution in [2.45, 2.75) is 12.5 Å². The fourth-order valence-corrected chi connectivity index (χ4v) is 4.12. The molecular weight excluding hydrogens is 461 g/mol. The zero-order valence-corrected chi connectivity index (χ0v) is 21.9. The number of quaternary nitrogens is 3. The van der Waals surface area contributed by atoms with E-state index >= 15 is 0 Å². The van der Waals surface area contributed by atoms with Gasteiger partial charge in [0.05, 0.1) is 54.1 Å². The minimum atomic E-state index is -0.249. The van der Waals surface area contributed by atoms with Crippen molar-refractivity contribution in [1.29, 1.82) is 0 Å². The van der Waals surface area contributed by atoms with E-state index in [0.717, 1.165) is 65.7 Å². The largest absolute Gasteiger partial charge is 1.00 e. The van der Waals surface area contributed by atoms with Crippen LogP contribution < -0.4 is 53.4 Å². The van der Waals surface area contributed by atoms with Crippen molar-refractivity contribution in [2.75, 3.05) is 99.1 Å². The van der Waals surface area contributed by atoms with E-state index in [1.807, 2.05) is 12.1 Å². The number of anilines is 2. The van der Waals surface area contributed by atoms with Gasteiger partial charge in [0.25, 0.3) is 0 Å². The van der Waals surface area contributed by atoms with Crippen molar-refractivity contribution < 1.29 is 60.5 Å². The molecule has 5 N–H and O–H groups in total. The molecule has 1 heterocycles. The second kappa shape index (κ2) is 13.1. The van der Waals surface area contributed by atoms with Crippen LogP contribution in [0.3, 0.4) is 0 Å². The summed E-state index contributed by atoms with van der Waals surface area (Å²) in [5, 5.41) is 10.5. The van der Waals surface area contributed by atoms with E-state index in [1.165, 1.54) is 0 Å². The molecule has 0 amide bonds. The number of likely N-dealkylation sites (N-methyl/N-ethyl adjacent to an activating group) is 3. The van der Waals surface area contributed by atoms with Crippen LogP contribution in [0.25, 0.3) is 0 Å². The van der Waals surface area contributed by atoms with Gasteiger partial charge in [-0.3, -0.25) is 0 Å². The standard InChI is InChI=1S/C21H42N5O2.3ClH/c1-24(2,3)16-19(27)17-26(5)12-10-25(4,11-13-26)9-6-14-28-21-8-7-18(22)15-20(21)23;;;/h7-8,15,19,27H,6,9-14,16-17,22-23H2,1-5H3;3*1H/q+3;;;/p-3. The summed E-state index contributed by atoms with van der Waals surface area (Å²) >= 11 is 0. The molecule has 1 aromatic carbocycles. The Morgan fingerprint density at radius 3 is 2.06 bits per heavy atom. The zero-order valence-electron chi connectivity index (χ0n) is 19.7. The van der Waals surface area contributed by atoms with Crippen molar-refractivity contribution in [2.24, 2.45) is 0 Å². The van der Waals surface area contributed by atoms with Crippen LogP contribution in [0, 0.1) is 0 Å². The third-order valence-corrected chi connectivity index (χ3v) is 5.90. The van der Waals surface area contributed by atoms with Gasteiger partial charge >= 0.3 is 0 Å². The van der Waals surface area contributed by atoms with E-state index < -0.39 is 0 Å². The molecule has 2 rings (SSSR count). The molecule has 10 heteroatoms. The predicted molar refractivity (Wildman–Crippen MR) is 116 cm³/mol. The number of halogens is 3. The van der Waals surface area contributed by atoms with Gasteiger partial charge in [-0.05, 0) is 18.2 Å². The molecule has 0 radical (unpaired) electrons. The highest BCUT2D eigenvalue weighted by Gasteiger charge is 2.38. The lowest BCUT2D eigenvalue weighted by Gasteiger charge is -2.47. The molecule has 1 unspecified atom stereocenters. The Morgan fingerprint density at radius 2 is 1.55 bits per heavy atom. The van der Waals surface area contributed by atoms with E-state index in [9.17, 15) is 5.11 Å². The van der Waals surface area contributed by atoms with Gasteiger partial charge in [-0.25, -0.2) is 0 Å². The fraction of sp³-hybridized carbons (Fsp3) is 0.714. The molecule has 0 saturated carbocycles. The topological polar surface area (TPSA) is 81.5 Å². The molecule has 1 saturated heterocycles. The maximum atomic E-state index is 10.5. The van der Waals surface area contributed by atoms with Gasteiger partial charge in [-0.15, -0.1) is 0 Å². The van der Waals surface area contributed by atoms with Crippen LogP contribution in [-0.4, -0.2) is 112 Å². The first-order chi connectivity index (χ1) is 12.9. The van der Waals surface area contributed by atoms with Crippen LogP contribution in [-0.2, 0) is 0 Å². The van der Waals surface area contributed by atoms with Gasteiger partial charge in [0.2, 0.25) is 0 Å². The smallest absolute Gasteiger partial charge is 0.152 e. The molecule has 184 valence electrons. The van der Waals surface area contributed by atoms with Gasteiger partial charge in [0.1, 0.15) is 45.0 Å². The summed E-state index contributed by atoms with van der Waals surface area (Å²) in [4.78, 5) is 0. The number of nitrogen functional groups attached to an aromatic ring is 2. The van der Waals surface area contributed by atoms with Gasteiger partial charge in [0, 0.05) is 12.1 Å². The molecule has 7 nitrogen and oxygen atoms in total. The Hall–Kier alpha value is -0.670. The van der Waals surface area contributed by atoms with E-state index in [1.54, 1.807) is 6.07 Å². The van der Waals surface area contributed by atoms with Gasteiger partial charge in [-0.2, -0.15) is 0 Å². The maximum Gasteiger partial charge on any atom is 0.152 e. The van der Waals surface area contributed by atoms with Crippen molar-refractivity contribution >= 4 is 11.4 Å². The maximum absolute atomic E-state index is 10.5. The van der Waals surface area contributed by atoms with Gasteiger partial charge in [0.15, 0.2) is 6.10 Å². The van der Waals surface area contributed by atoms with Crippen molar-refractivity contribution in [3.05, 3.63) is 18.2 Å². The summed E-state index contributed by atoms with van der Waals surface area (Å²) in [6.07, 6.45) is 0.745. The molecule has 1 aromatic rings. The predicted octanol–water partition coefficient (Wildman–Crippen LogP) is -8.39. The average molecular weight is 503 g/mol. The number of nitrogens with two attached hydrogens (primary N) is 2. The van der Waals surface area contributed by atoms with Crippen molar-refractivity contribution in [3.63, 3.8) is 0 Å². The molecule has 0 bridgehead atoms. The first-order valence-electron chi connectivity index (χ1n) is 10.3. The molecule has 1 aliphatic rings. The lowest BCUT2D eigenvalue weighted by Crippen LogP contribution is -3.00. The average Bonchev–Trinajstić information content (AvgIpc) is 2.55. The molecule has 1 atom stereocenters. The molecule has 1 aliphatic heterocycles. The number of aliphatic hydroxyl groups is 1. The Kier molecular flexibility index (Phi) is 13.8. The van der Waals surface area contributed by atoms with Crippen LogP contribution in [0.5, 0.6) is 5.75 Å². The summed E-state index contributed by atoms with van der Waals surface area (Å²) in [5.74, 6) is 0.714. The lowest BCUT2D eigenvalue weighted by molar-refractivity contribution is -1.02. The zero-order chi connectivity index (χ0) is 21.0. The summed E-state index contributed by atoms with van der Waals surface area (Å²) in [6.45, 7) is 7.88. The second-order valence-corrected chi connectivity index (χ2v) is 10.2. The van der Waals surface area contributed by atoms with Gasteiger partial charge in [-0.1, -0.05) is 0 Å². The van der Waals surface area contributed by atoms with E-state index in [2.05, 4.69) is 35.2 Å². The number of nitrogens with zero attached hydrogens (tertiary/aromatic N) is 3. The summed E-state index contributed by atoms with van der Waals surface area (Å²) in [7, 11) is 11.0. The Balaban J connectivity index is 0. The van der Waals surface area contributed by atoms with Crippen LogP contribution in [0.2, 0.25) is 0 Å². The number of hydrogen-bond acceptors (Lipinski definition) is 4. The highest BCUT2D eigenvalue weighted by molar-refractivity contribution is 5.60. The minimum absolute atomic E-state index is 0. The molecule has 1 fully saturated rings. The molecule has 31 heavy (non-hydrogen) atoms. The monoisotopic (exact) mass is 501 g/mol. The fourth-order valence-electron chi connectivity index (χ4n) is 4.12. The van der Waals surface area contributed by atoms with Gasteiger partial charge < -0.3 is 72.0 Å². The quantitative estimate of drug-likeness (QED) is 0.178. The highest BCUT2D eigenvalue weighted by atomic mass is 35.5. The number of piperazine rings is 1. The van der Waals surface area contributed by atoms with E-state index in [-0.39, 0.29) is 43.3 Å². The number of hydrogen-bond donors (Lipinski definition) is 3. The van der Waals surface area contributed by atoms with E-state index in [4.69, 9.17) is 16.2 Å². The van der Waals surface area contributed by atoms with Crippen LogP contribution >= 0.6 is 0 Å². The van der Waals surface area contributed by atoms with Crippen LogP contribution in [0.1, 0.15) is 6.42 Å². The molecule has 0 aromatic heterocycles. The number of benzene rings is 1. The Morgan fingerprint density at radius 1 is 1.00 bits per heavy atom. The summed E-state index contributed by atoms with van der Waals surface area (Å²) < 4.78 is 8.67. The first-order valence-corrected chi connectivity index (χ1v) is 10.3. The number of rotatable bonds is 9. The van der Waals surface area contributed by atoms with E-state index in [0.29, 0.717) is 23.7 Å². The Labute approximate surface area is 207 Å². The van der Waals surface area contributed by atoms with Crippen LogP contribution in [0.4, 0.5) is 11.4 Å². The molecule has 0 spiro atoms. The SMILES string of the molecule is C[N+](C)(C)CC(O)C[N+]1(C)CC[N+](C)(CCCOc2ccc(N)cc2N)CC1.[Cl-].[Cl-].[Cl-]. The third kappa shape index (κ3) is 11.1. The number of ether oxygens (including phenoxy) is 1. The summed E-state index contributed by atoms with van der Waals surface area (Å²) in [5.41, 5.74) is 12.9. The first kappa shape index (κ1) is 32.5. The Bertz CT molecular complexity index is 650. The van der Waals surface area contributed by atoms with Crippen LogP contribution in [0.15, 0.2) is 18.2 Å².